The van der Waals surface area contributed by atoms with Gasteiger partial charge in [0.2, 0.25) is 0 Å². The zero-order chi connectivity index (χ0) is 10.6. The first-order valence-corrected chi connectivity index (χ1v) is 5.47. The SMILES string of the molecule is CCc1cc(C(CN)OC)sc1OC. The molecule has 14 heavy (non-hydrogen) atoms. The average Bonchev–Trinajstić information content (AvgIpc) is 2.63. The first-order valence-electron chi connectivity index (χ1n) is 4.66. The van der Waals surface area contributed by atoms with Gasteiger partial charge < -0.3 is 15.2 Å². The molecule has 0 aliphatic heterocycles. The maximum atomic E-state index is 5.60. The lowest BCUT2D eigenvalue weighted by Crippen LogP contribution is -2.12. The van der Waals surface area contributed by atoms with Gasteiger partial charge in [-0.1, -0.05) is 6.92 Å². The zero-order valence-electron chi connectivity index (χ0n) is 8.87. The van der Waals surface area contributed by atoms with Crippen LogP contribution in [0.25, 0.3) is 0 Å². The Morgan fingerprint density at radius 3 is 2.57 bits per heavy atom. The summed E-state index contributed by atoms with van der Waals surface area (Å²) in [6.07, 6.45) is 0.968. The summed E-state index contributed by atoms with van der Waals surface area (Å²) in [7, 11) is 3.37. The predicted molar refractivity (Wildman–Crippen MR) is 59.1 cm³/mol. The Morgan fingerprint density at radius 1 is 1.50 bits per heavy atom. The summed E-state index contributed by atoms with van der Waals surface area (Å²) >= 11 is 1.61. The molecule has 1 atom stereocenters. The van der Waals surface area contributed by atoms with Crippen LogP contribution in [0.1, 0.15) is 23.5 Å². The Labute approximate surface area is 88.8 Å². The van der Waals surface area contributed by atoms with Crippen molar-refractivity contribution in [2.75, 3.05) is 20.8 Å². The standard InChI is InChI=1S/C10H17NO2S/c1-4-7-5-9(8(6-11)12-2)14-10(7)13-3/h5,8H,4,6,11H2,1-3H3. The molecular weight excluding hydrogens is 198 g/mol. The van der Waals surface area contributed by atoms with Crippen molar-refractivity contribution in [2.24, 2.45) is 5.73 Å². The lowest BCUT2D eigenvalue weighted by Gasteiger charge is -2.09. The Hall–Kier alpha value is -0.580. The number of thiophene rings is 1. The lowest BCUT2D eigenvalue weighted by atomic mass is 10.2. The minimum absolute atomic E-state index is 0.00537. The Kier molecular flexibility index (Phi) is 4.38. The molecule has 0 fully saturated rings. The number of methoxy groups -OCH3 is 2. The van der Waals surface area contributed by atoms with E-state index in [4.69, 9.17) is 15.2 Å². The van der Waals surface area contributed by atoms with E-state index in [-0.39, 0.29) is 6.10 Å². The molecule has 0 saturated carbocycles. The Morgan fingerprint density at radius 2 is 2.21 bits per heavy atom. The van der Waals surface area contributed by atoms with E-state index in [2.05, 4.69) is 13.0 Å². The molecule has 1 aromatic heterocycles. The summed E-state index contributed by atoms with van der Waals surface area (Å²) < 4.78 is 10.6. The van der Waals surface area contributed by atoms with E-state index in [1.807, 2.05) is 0 Å². The minimum Gasteiger partial charge on any atom is -0.487 e. The summed E-state index contributed by atoms with van der Waals surface area (Å²) in [5.74, 6) is 0. The van der Waals surface area contributed by atoms with Crippen molar-refractivity contribution in [3.8, 4) is 5.06 Å². The molecule has 2 N–H and O–H groups in total. The first kappa shape index (κ1) is 11.5. The molecule has 0 aliphatic rings. The van der Waals surface area contributed by atoms with Crippen molar-refractivity contribution in [3.05, 3.63) is 16.5 Å². The summed E-state index contributed by atoms with van der Waals surface area (Å²) in [4.78, 5) is 1.14. The smallest absolute Gasteiger partial charge is 0.176 e. The predicted octanol–water partition coefficient (Wildman–Crippen LogP) is 1.97. The van der Waals surface area contributed by atoms with Crippen LogP contribution in [0.2, 0.25) is 0 Å². The number of nitrogens with two attached hydrogens (primary N) is 1. The van der Waals surface area contributed by atoms with Crippen LogP contribution in [0.4, 0.5) is 0 Å². The van der Waals surface area contributed by atoms with Gasteiger partial charge in [0.1, 0.15) is 6.10 Å². The molecule has 0 spiro atoms. The van der Waals surface area contributed by atoms with Crippen LogP contribution < -0.4 is 10.5 Å². The van der Waals surface area contributed by atoms with E-state index in [1.165, 1.54) is 5.56 Å². The van der Waals surface area contributed by atoms with Gasteiger partial charge in [-0.25, -0.2) is 0 Å². The molecule has 0 aromatic carbocycles. The van der Waals surface area contributed by atoms with Gasteiger partial charge in [-0.2, -0.15) is 0 Å². The van der Waals surface area contributed by atoms with Gasteiger partial charge in [-0.15, -0.1) is 11.3 Å². The van der Waals surface area contributed by atoms with Gasteiger partial charge in [0.15, 0.2) is 5.06 Å². The van der Waals surface area contributed by atoms with Crippen molar-refractivity contribution in [2.45, 2.75) is 19.4 Å². The first-order chi connectivity index (χ1) is 6.76. The molecule has 1 aromatic rings. The largest absolute Gasteiger partial charge is 0.487 e. The summed E-state index contributed by atoms with van der Waals surface area (Å²) in [6, 6.07) is 2.12. The molecule has 80 valence electrons. The maximum absolute atomic E-state index is 5.60. The summed E-state index contributed by atoms with van der Waals surface area (Å²) in [6.45, 7) is 2.61. The van der Waals surface area contributed by atoms with Crippen molar-refractivity contribution >= 4 is 11.3 Å². The average molecular weight is 215 g/mol. The van der Waals surface area contributed by atoms with Gasteiger partial charge in [0.25, 0.3) is 0 Å². The van der Waals surface area contributed by atoms with E-state index >= 15 is 0 Å². The second-order valence-electron chi connectivity index (χ2n) is 2.98. The van der Waals surface area contributed by atoms with E-state index in [0.29, 0.717) is 6.54 Å². The monoisotopic (exact) mass is 215 g/mol. The van der Waals surface area contributed by atoms with Gasteiger partial charge in [0, 0.05) is 24.1 Å². The fourth-order valence-electron chi connectivity index (χ4n) is 1.34. The highest BCUT2D eigenvalue weighted by atomic mass is 32.1. The van der Waals surface area contributed by atoms with Crippen molar-refractivity contribution in [1.29, 1.82) is 0 Å². The molecule has 4 heteroatoms. The number of aryl methyl sites for hydroxylation is 1. The normalized spacial score (nSPS) is 12.9. The summed E-state index contributed by atoms with van der Waals surface area (Å²) in [5, 5.41) is 0.970. The van der Waals surface area contributed by atoms with Crippen molar-refractivity contribution in [3.63, 3.8) is 0 Å². The third-order valence-electron chi connectivity index (χ3n) is 2.17. The number of hydrogen-bond acceptors (Lipinski definition) is 4. The number of ether oxygens (including phenoxy) is 2. The fourth-order valence-corrected chi connectivity index (χ4v) is 2.50. The van der Waals surface area contributed by atoms with E-state index < -0.39 is 0 Å². The molecule has 0 amide bonds. The molecule has 1 heterocycles. The zero-order valence-corrected chi connectivity index (χ0v) is 9.69. The van der Waals surface area contributed by atoms with E-state index in [9.17, 15) is 0 Å². The Bertz CT molecular complexity index is 260. The second kappa shape index (κ2) is 5.34. The topological polar surface area (TPSA) is 44.5 Å². The fraction of sp³-hybridized carbons (Fsp3) is 0.600. The quantitative estimate of drug-likeness (QED) is 0.816. The Balaban J connectivity index is 2.93. The molecular formula is C10H17NO2S. The lowest BCUT2D eigenvalue weighted by molar-refractivity contribution is 0.113. The van der Waals surface area contributed by atoms with Crippen LogP contribution in [0.15, 0.2) is 6.07 Å². The maximum Gasteiger partial charge on any atom is 0.176 e. The van der Waals surface area contributed by atoms with Crippen LogP contribution in [0.5, 0.6) is 5.06 Å². The van der Waals surface area contributed by atoms with Gasteiger partial charge in [-0.05, 0) is 12.5 Å². The molecule has 1 unspecified atom stereocenters. The highest BCUT2D eigenvalue weighted by Crippen LogP contribution is 2.34. The van der Waals surface area contributed by atoms with E-state index in [1.54, 1.807) is 25.6 Å². The molecule has 3 nitrogen and oxygen atoms in total. The number of hydrogen-bond donors (Lipinski definition) is 1. The van der Waals surface area contributed by atoms with E-state index in [0.717, 1.165) is 16.4 Å². The van der Waals surface area contributed by atoms with Crippen LogP contribution in [-0.4, -0.2) is 20.8 Å². The molecule has 0 aliphatic carbocycles. The minimum atomic E-state index is -0.00537. The third-order valence-corrected chi connectivity index (χ3v) is 3.40. The van der Waals surface area contributed by atoms with Gasteiger partial charge in [-0.3, -0.25) is 0 Å². The van der Waals surface area contributed by atoms with Crippen LogP contribution >= 0.6 is 11.3 Å². The summed E-state index contributed by atoms with van der Waals surface area (Å²) in [5.41, 5.74) is 6.82. The van der Waals surface area contributed by atoms with Crippen molar-refractivity contribution in [1.82, 2.24) is 0 Å². The highest BCUT2D eigenvalue weighted by molar-refractivity contribution is 7.14. The van der Waals surface area contributed by atoms with Gasteiger partial charge >= 0.3 is 0 Å². The number of rotatable bonds is 5. The molecule has 1 rings (SSSR count). The van der Waals surface area contributed by atoms with Crippen LogP contribution in [-0.2, 0) is 11.2 Å². The third kappa shape index (κ3) is 2.26. The van der Waals surface area contributed by atoms with Gasteiger partial charge in [0.05, 0.1) is 7.11 Å². The molecule has 0 saturated heterocycles. The molecule has 0 radical (unpaired) electrons. The second-order valence-corrected chi connectivity index (χ2v) is 4.03. The van der Waals surface area contributed by atoms with Crippen LogP contribution in [0, 0.1) is 0 Å². The van der Waals surface area contributed by atoms with Crippen molar-refractivity contribution < 1.29 is 9.47 Å². The van der Waals surface area contributed by atoms with Crippen LogP contribution in [0.3, 0.4) is 0 Å². The highest BCUT2D eigenvalue weighted by Gasteiger charge is 2.15. The molecule has 0 bridgehead atoms.